The molecule has 9 nitrogen and oxygen atoms in total. The van der Waals surface area contributed by atoms with Gasteiger partial charge in [-0.1, -0.05) is 18.2 Å². The Hall–Kier alpha value is -3.95. The maximum Gasteiger partial charge on any atom is 0.325 e. The molecular formula is C28H32FN5O4. The molecule has 0 radical (unpaired) electrons. The smallest absolute Gasteiger partial charge is 0.325 e. The van der Waals surface area contributed by atoms with Crippen molar-refractivity contribution in [3.8, 4) is 0 Å². The van der Waals surface area contributed by atoms with Gasteiger partial charge in [0.1, 0.15) is 17.9 Å². The second-order valence-corrected chi connectivity index (χ2v) is 10.5. The van der Waals surface area contributed by atoms with Crippen LogP contribution in [0.5, 0.6) is 0 Å². The van der Waals surface area contributed by atoms with Crippen LogP contribution in [0, 0.1) is 11.7 Å². The molecule has 2 aromatic carbocycles. The summed E-state index contributed by atoms with van der Waals surface area (Å²) in [5, 5.41) is 8.13. The van der Waals surface area contributed by atoms with E-state index in [2.05, 4.69) is 16.0 Å². The monoisotopic (exact) mass is 521 g/mol. The van der Waals surface area contributed by atoms with Crippen molar-refractivity contribution in [2.75, 3.05) is 18.9 Å². The summed E-state index contributed by atoms with van der Waals surface area (Å²) in [7, 11) is 1.54. The molecule has 1 heterocycles. The highest BCUT2D eigenvalue weighted by atomic mass is 19.1. The van der Waals surface area contributed by atoms with Gasteiger partial charge in [-0.2, -0.15) is 0 Å². The minimum Gasteiger partial charge on any atom is -0.341 e. The summed E-state index contributed by atoms with van der Waals surface area (Å²) in [6.07, 6.45) is 3.31. The van der Waals surface area contributed by atoms with Gasteiger partial charge in [0, 0.05) is 31.7 Å². The van der Waals surface area contributed by atoms with E-state index in [4.69, 9.17) is 0 Å². The first-order valence-corrected chi connectivity index (χ1v) is 13.0. The number of nitrogens with zero attached hydrogens (tertiary/aromatic N) is 2. The highest BCUT2D eigenvalue weighted by Crippen LogP contribution is 2.37. The van der Waals surface area contributed by atoms with Gasteiger partial charge in [-0.15, -0.1) is 0 Å². The molecule has 1 spiro atoms. The number of imide groups is 1. The van der Waals surface area contributed by atoms with E-state index in [0.717, 1.165) is 34.4 Å². The molecule has 2 unspecified atom stereocenters. The average molecular weight is 522 g/mol. The molecule has 10 heteroatoms. The zero-order valence-electron chi connectivity index (χ0n) is 21.6. The van der Waals surface area contributed by atoms with Crippen LogP contribution >= 0.6 is 0 Å². The van der Waals surface area contributed by atoms with Crippen molar-refractivity contribution in [2.45, 2.75) is 57.2 Å². The van der Waals surface area contributed by atoms with Crippen molar-refractivity contribution in [3.05, 3.63) is 65.0 Å². The number of nitrogens with one attached hydrogen (secondary N) is 3. The van der Waals surface area contributed by atoms with E-state index in [1.54, 1.807) is 23.1 Å². The number of carbonyl (C=O) groups excluding carboxylic acids is 4. The van der Waals surface area contributed by atoms with Crippen molar-refractivity contribution in [1.82, 2.24) is 20.4 Å². The van der Waals surface area contributed by atoms with Crippen molar-refractivity contribution in [1.29, 1.82) is 0 Å². The minimum absolute atomic E-state index is 0.0542. The predicted octanol–water partition coefficient (Wildman–Crippen LogP) is 3.18. The first-order chi connectivity index (χ1) is 18.2. The van der Waals surface area contributed by atoms with Crippen molar-refractivity contribution in [3.63, 3.8) is 0 Å². The number of aryl methyl sites for hydroxylation is 1. The van der Waals surface area contributed by atoms with Gasteiger partial charge in [-0.25, -0.2) is 14.0 Å². The van der Waals surface area contributed by atoms with Crippen LogP contribution in [0.1, 0.15) is 42.9 Å². The van der Waals surface area contributed by atoms with E-state index in [-0.39, 0.29) is 36.9 Å². The first-order valence-electron chi connectivity index (χ1n) is 13.0. The Morgan fingerprint density at radius 2 is 1.89 bits per heavy atom. The zero-order valence-corrected chi connectivity index (χ0v) is 21.6. The van der Waals surface area contributed by atoms with Crippen LogP contribution in [0.25, 0.3) is 0 Å². The third-order valence-electron chi connectivity index (χ3n) is 7.93. The van der Waals surface area contributed by atoms with Crippen molar-refractivity contribution in [2.24, 2.45) is 5.92 Å². The van der Waals surface area contributed by atoms with Gasteiger partial charge in [-0.3, -0.25) is 14.5 Å². The number of hydrogen-bond acceptors (Lipinski definition) is 4. The maximum atomic E-state index is 13.6. The Morgan fingerprint density at radius 1 is 1.16 bits per heavy atom. The van der Waals surface area contributed by atoms with Crippen LogP contribution in [0.4, 0.5) is 19.7 Å². The molecule has 5 rings (SSSR count). The number of rotatable bonds is 7. The second kappa shape index (κ2) is 10.1. The van der Waals surface area contributed by atoms with Gasteiger partial charge >= 0.3 is 12.1 Å². The van der Waals surface area contributed by atoms with Crippen LogP contribution in [-0.4, -0.2) is 58.8 Å². The maximum absolute atomic E-state index is 13.6. The molecule has 1 saturated heterocycles. The lowest BCUT2D eigenvalue weighted by atomic mass is 9.77. The van der Waals surface area contributed by atoms with E-state index >= 15 is 0 Å². The molecule has 3 N–H and O–H groups in total. The number of anilines is 1. The Kier molecular flexibility index (Phi) is 6.81. The third kappa shape index (κ3) is 5.07. The molecule has 2 fully saturated rings. The highest BCUT2D eigenvalue weighted by molar-refractivity contribution is 6.09. The number of benzene rings is 2. The minimum atomic E-state index is -1.09. The molecule has 3 aliphatic rings. The lowest BCUT2D eigenvalue weighted by molar-refractivity contribution is -0.141. The Bertz CT molecular complexity index is 1280. The number of hydrogen-bond donors (Lipinski definition) is 3. The Balaban J connectivity index is 1.30. The van der Waals surface area contributed by atoms with Crippen LogP contribution in [0.15, 0.2) is 42.5 Å². The number of fused-ring (bicyclic) bond motifs is 1. The number of carbonyl (C=O) groups is 4. The van der Waals surface area contributed by atoms with Crippen molar-refractivity contribution < 1.29 is 23.6 Å². The number of urea groups is 2. The summed E-state index contributed by atoms with van der Waals surface area (Å²) in [5.74, 6) is -0.670. The van der Waals surface area contributed by atoms with E-state index in [0.29, 0.717) is 30.9 Å². The van der Waals surface area contributed by atoms with Gasteiger partial charge in [-0.05, 0) is 79.5 Å². The van der Waals surface area contributed by atoms with Gasteiger partial charge in [0.05, 0.1) is 0 Å². The molecule has 0 bridgehead atoms. The molecule has 0 aromatic heterocycles. The normalized spacial score (nSPS) is 21.1. The molecule has 2 aliphatic carbocycles. The van der Waals surface area contributed by atoms with Crippen LogP contribution in [0.2, 0.25) is 0 Å². The predicted molar refractivity (Wildman–Crippen MR) is 139 cm³/mol. The van der Waals surface area contributed by atoms with Gasteiger partial charge in [0.25, 0.3) is 5.91 Å². The lowest BCUT2D eigenvalue weighted by Gasteiger charge is -2.33. The van der Waals surface area contributed by atoms with Crippen LogP contribution in [-0.2, 0) is 29.0 Å². The zero-order chi connectivity index (χ0) is 27.0. The Morgan fingerprint density at radius 3 is 2.58 bits per heavy atom. The summed E-state index contributed by atoms with van der Waals surface area (Å²) in [6.45, 7) is 1.93. The molecule has 2 aromatic rings. The molecule has 2 atom stereocenters. The first kappa shape index (κ1) is 25.7. The number of amides is 6. The summed E-state index contributed by atoms with van der Waals surface area (Å²) < 4.78 is 13.4. The van der Waals surface area contributed by atoms with Gasteiger partial charge < -0.3 is 20.9 Å². The fourth-order valence-corrected chi connectivity index (χ4v) is 5.48. The topological polar surface area (TPSA) is 111 Å². The molecule has 200 valence electrons. The summed E-state index contributed by atoms with van der Waals surface area (Å²) >= 11 is 0. The average Bonchev–Trinajstić information content (AvgIpc) is 3.73. The molecule has 6 amide bonds. The fraction of sp³-hybridized carbons (Fsp3) is 0.429. The quantitative estimate of drug-likeness (QED) is 0.486. The van der Waals surface area contributed by atoms with E-state index in [1.165, 1.54) is 19.2 Å². The van der Waals surface area contributed by atoms with Crippen LogP contribution < -0.4 is 16.0 Å². The van der Waals surface area contributed by atoms with E-state index in [1.807, 2.05) is 19.1 Å². The Labute approximate surface area is 220 Å². The van der Waals surface area contributed by atoms with E-state index in [9.17, 15) is 23.6 Å². The SMILES string of the molecule is CNC(=O)Nc1ccc2c(c1)CCC1(C2)NC(=O)N(CC(=O)N(Cc2ccc(F)cc2)C(C)C2CC2)C1=O. The summed E-state index contributed by atoms with van der Waals surface area (Å²) in [5.41, 5.74) is 2.27. The molecular weight excluding hydrogens is 489 g/mol. The number of halogens is 1. The molecule has 1 saturated carbocycles. The second-order valence-electron chi connectivity index (χ2n) is 10.5. The fourth-order valence-electron chi connectivity index (χ4n) is 5.48. The summed E-state index contributed by atoms with van der Waals surface area (Å²) in [6, 6.07) is 10.6. The van der Waals surface area contributed by atoms with Gasteiger partial charge in [0.15, 0.2) is 0 Å². The van der Waals surface area contributed by atoms with Crippen LogP contribution in [0.3, 0.4) is 0 Å². The van der Waals surface area contributed by atoms with Crippen molar-refractivity contribution >= 4 is 29.6 Å². The molecule has 1 aliphatic heterocycles. The largest absolute Gasteiger partial charge is 0.341 e. The third-order valence-corrected chi connectivity index (χ3v) is 7.93. The molecule has 38 heavy (non-hydrogen) atoms. The summed E-state index contributed by atoms with van der Waals surface area (Å²) in [4.78, 5) is 54.4. The standard InChI is InChI=1S/C28H32FN5O4/c1-17(19-5-6-19)33(15-18-3-8-22(29)9-4-18)24(35)16-34-25(36)28(32-27(34)38)12-11-20-13-23(31-26(37)30-2)10-7-21(20)14-28/h3-4,7-10,13,17,19H,5-6,11-12,14-16H2,1-2H3,(H,32,38)(H2,30,31,37). The highest BCUT2D eigenvalue weighted by Gasteiger charge is 2.53. The van der Waals surface area contributed by atoms with E-state index < -0.39 is 17.5 Å². The lowest BCUT2D eigenvalue weighted by Crippen LogP contribution is -2.52. The van der Waals surface area contributed by atoms with Gasteiger partial charge in [0.2, 0.25) is 5.91 Å².